The van der Waals surface area contributed by atoms with Crippen LogP contribution < -0.4 is 16.0 Å². The molecule has 0 aliphatic carbocycles. The Morgan fingerprint density at radius 3 is 2.78 bits per heavy atom. The van der Waals surface area contributed by atoms with Gasteiger partial charge in [-0.25, -0.2) is 4.79 Å². The van der Waals surface area contributed by atoms with Gasteiger partial charge < -0.3 is 14.6 Å². The van der Waals surface area contributed by atoms with Gasteiger partial charge in [-0.1, -0.05) is 0 Å². The molecule has 2 heterocycles. The van der Waals surface area contributed by atoms with Gasteiger partial charge in [-0.2, -0.15) is 0 Å². The summed E-state index contributed by atoms with van der Waals surface area (Å²) in [6.07, 6.45) is 0. The van der Waals surface area contributed by atoms with E-state index in [1.54, 1.807) is 7.05 Å². The number of nitrogens with zero attached hydrogens (tertiary/aromatic N) is 2. The Kier molecular flexibility index (Phi) is 2.91. The van der Waals surface area contributed by atoms with Crippen LogP contribution in [0.4, 0.5) is 5.69 Å². The van der Waals surface area contributed by atoms with Crippen LogP contribution in [-0.2, 0) is 7.05 Å². The number of aryl methyl sites for hydroxylation is 1. The summed E-state index contributed by atoms with van der Waals surface area (Å²) in [5, 5.41) is 3.32. The zero-order chi connectivity index (χ0) is 12.7. The number of hydrogen-bond acceptors (Lipinski definition) is 4. The number of oxazole rings is 1. The zero-order valence-electron chi connectivity index (χ0n) is 10.1. The summed E-state index contributed by atoms with van der Waals surface area (Å²) in [5.74, 6) is -0.330. The molecule has 0 radical (unpaired) electrons. The molecule has 1 saturated heterocycles. The van der Waals surface area contributed by atoms with Gasteiger partial charge >= 0.3 is 5.76 Å². The molecule has 2 aromatic rings. The van der Waals surface area contributed by atoms with Gasteiger partial charge in [0, 0.05) is 38.9 Å². The molecule has 0 spiro atoms. The van der Waals surface area contributed by atoms with E-state index in [1.165, 1.54) is 4.57 Å². The molecule has 0 saturated carbocycles. The van der Waals surface area contributed by atoms with E-state index < -0.39 is 0 Å². The normalized spacial score (nSPS) is 16.4. The standard InChI is InChI=1S/C12H14BrN3O2/c1-15-10-7-8(16-4-2-14-3-5-16)6-9(13)11(10)18-12(15)17/h6-7,14H,2-5H2,1H3. The van der Waals surface area contributed by atoms with Gasteiger partial charge in [-0.05, 0) is 28.1 Å². The van der Waals surface area contributed by atoms with Gasteiger partial charge in [0.1, 0.15) is 0 Å². The molecule has 3 rings (SSSR count). The highest BCUT2D eigenvalue weighted by atomic mass is 79.9. The largest absolute Gasteiger partial charge is 0.419 e. The fourth-order valence-corrected chi connectivity index (χ4v) is 2.79. The number of anilines is 1. The third-order valence-corrected chi connectivity index (χ3v) is 3.90. The van der Waals surface area contributed by atoms with Crippen molar-refractivity contribution in [1.29, 1.82) is 0 Å². The molecular formula is C12H14BrN3O2. The fraction of sp³-hybridized carbons (Fsp3) is 0.417. The lowest BCUT2D eigenvalue weighted by atomic mass is 10.2. The summed E-state index contributed by atoms with van der Waals surface area (Å²) in [6.45, 7) is 3.92. The van der Waals surface area contributed by atoms with Crippen LogP contribution >= 0.6 is 15.9 Å². The Morgan fingerprint density at radius 2 is 2.06 bits per heavy atom. The maximum absolute atomic E-state index is 11.5. The molecule has 18 heavy (non-hydrogen) atoms. The van der Waals surface area contributed by atoms with E-state index in [9.17, 15) is 4.79 Å². The zero-order valence-corrected chi connectivity index (χ0v) is 11.7. The highest BCUT2D eigenvalue weighted by molar-refractivity contribution is 9.10. The molecule has 1 aromatic carbocycles. The number of fused-ring (bicyclic) bond motifs is 1. The Balaban J connectivity index is 2.13. The number of aromatic nitrogens is 1. The molecule has 0 amide bonds. The third-order valence-electron chi connectivity index (χ3n) is 3.32. The molecule has 6 heteroatoms. The number of nitrogens with one attached hydrogen (secondary N) is 1. The summed E-state index contributed by atoms with van der Waals surface area (Å²) in [7, 11) is 1.72. The van der Waals surface area contributed by atoms with Crippen molar-refractivity contribution in [2.45, 2.75) is 0 Å². The number of halogens is 1. The summed E-state index contributed by atoms with van der Waals surface area (Å²) in [6, 6.07) is 4.02. The smallest absolute Gasteiger partial charge is 0.406 e. The Bertz CT molecular complexity index is 641. The van der Waals surface area contributed by atoms with E-state index in [2.05, 4.69) is 26.1 Å². The van der Waals surface area contributed by atoms with E-state index in [1.807, 2.05) is 12.1 Å². The second kappa shape index (κ2) is 4.44. The van der Waals surface area contributed by atoms with Crippen molar-refractivity contribution < 1.29 is 4.42 Å². The number of benzene rings is 1. The lowest BCUT2D eigenvalue weighted by Crippen LogP contribution is -2.43. The second-order valence-electron chi connectivity index (χ2n) is 4.44. The van der Waals surface area contributed by atoms with Crippen LogP contribution in [0.15, 0.2) is 25.8 Å². The van der Waals surface area contributed by atoms with Gasteiger partial charge in [-0.15, -0.1) is 0 Å². The van der Waals surface area contributed by atoms with E-state index >= 15 is 0 Å². The predicted molar refractivity (Wildman–Crippen MR) is 74.2 cm³/mol. The van der Waals surface area contributed by atoms with Crippen molar-refractivity contribution >= 4 is 32.7 Å². The molecule has 1 aliphatic heterocycles. The molecule has 1 N–H and O–H groups in total. The van der Waals surface area contributed by atoms with Crippen LogP contribution in [0.1, 0.15) is 0 Å². The van der Waals surface area contributed by atoms with Crippen molar-refractivity contribution in [1.82, 2.24) is 9.88 Å². The molecule has 0 bridgehead atoms. The molecule has 96 valence electrons. The Labute approximate surface area is 112 Å². The Hall–Kier alpha value is -1.27. The lowest BCUT2D eigenvalue weighted by Gasteiger charge is -2.29. The molecule has 0 atom stereocenters. The molecule has 1 fully saturated rings. The van der Waals surface area contributed by atoms with E-state index in [0.29, 0.717) is 5.58 Å². The predicted octanol–water partition coefficient (Wildman–Crippen LogP) is 1.30. The third kappa shape index (κ3) is 1.85. The number of piperazine rings is 1. The topological polar surface area (TPSA) is 50.4 Å². The highest BCUT2D eigenvalue weighted by Crippen LogP contribution is 2.29. The van der Waals surface area contributed by atoms with Crippen molar-refractivity contribution in [2.24, 2.45) is 7.05 Å². The highest BCUT2D eigenvalue weighted by Gasteiger charge is 2.16. The van der Waals surface area contributed by atoms with Crippen molar-refractivity contribution in [3.05, 3.63) is 27.2 Å². The first kappa shape index (κ1) is 11.8. The minimum Gasteiger partial charge on any atom is -0.406 e. The van der Waals surface area contributed by atoms with Crippen LogP contribution in [-0.4, -0.2) is 30.7 Å². The SMILES string of the molecule is Cn1c(=O)oc2c(Br)cc(N3CCNCC3)cc21. The van der Waals surface area contributed by atoms with Crippen LogP contribution in [0.25, 0.3) is 11.1 Å². The molecule has 0 unspecified atom stereocenters. The summed E-state index contributed by atoms with van der Waals surface area (Å²) >= 11 is 3.47. The lowest BCUT2D eigenvalue weighted by molar-refractivity contribution is 0.527. The summed E-state index contributed by atoms with van der Waals surface area (Å²) < 4.78 is 7.56. The van der Waals surface area contributed by atoms with Crippen LogP contribution in [0.5, 0.6) is 0 Å². The minimum atomic E-state index is -0.330. The number of hydrogen-bond donors (Lipinski definition) is 1. The van der Waals surface area contributed by atoms with Gasteiger partial charge in [0.2, 0.25) is 0 Å². The average Bonchev–Trinajstić information content (AvgIpc) is 2.68. The molecule has 1 aromatic heterocycles. The maximum atomic E-state index is 11.5. The molecule has 5 nitrogen and oxygen atoms in total. The van der Waals surface area contributed by atoms with E-state index in [4.69, 9.17) is 4.42 Å². The minimum absolute atomic E-state index is 0.330. The monoisotopic (exact) mass is 311 g/mol. The van der Waals surface area contributed by atoms with Crippen molar-refractivity contribution in [3.8, 4) is 0 Å². The van der Waals surface area contributed by atoms with E-state index in [0.717, 1.165) is 41.9 Å². The van der Waals surface area contributed by atoms with Gasteiger partial charge in [-0.3, -0.25) is 4.57 Å². The first-order chi connectivity index (χ1) is 8.66. The van der Waals surface area contributed by atoms with Gasteiger partial charge in [0.25, 0.3) is 0 Å². The number of rotatable bonds is 1. The molecular weight excluding hydrogens is 298 g/mol. The van der Waals surface area contributed by atoms with Crippen LogP contribution in [0.3, 0.4) is 0 Å². The maximum Gasteiger partial charge on any atom is 0.419 e. The van der Waals surface area contributed by atoms with Crippen LogP contribution in [0, 0.1) is 0 Å². The summed E-state index contributed by atoms with van der Waals surface area (Å²) in [4.78, 5) is 13.8. The first-order valence-electron chi connectivity index (χ1n) is 5.91. The summed E-state index contributed by atoms with van der Waals surface area (Å²) in [5.41, 5.74) is 2.55. The van der Waals surface area contributed by atoms with Gasteiger partial charge in [0.05, 0.1) is 9.99 Å². The first-order valence-corrected chi connectivity index (χ1v) is 6.71. The quantitative estimate of drug-likeness (QED) is 0.862. The average molecular weight is 312 g/mol. The Morgan fingerprint density at radius 1 is 1.33 bits per heavy atom. The molecule has 1 aliphatic rings. The fourth-order valence-electron chi connectivity index (χ4n) is 2.27. The van der Waals surface area contributed by atoms with Crippen LogP contribution in [0.2, 0.25) is 0 Å². The van der Waals surface area contributed by atoms with Crippen molar-refractivity contribution in [3.63, 3.8) is 0 Å². The van der Waals surface area contributed by atoms with Crippen molar-refractivity contribution in [2.75, 3.05) is 31.1 Å². The van der Waals surface area contributed by atoms with Gasteiger partial charge in [0.15, 0.2) is 5.58 Å². The van der Waals surface area contributed by atoms with E-state index in [-0.39, 0.29) is 5.76 Å². The second-order valence-corrected chi connectivity index (χ2v) is 5.29.